The van der Waals surface area contributed by atoms with Gasteiger partial charge in [0, 0.05) is 5.69 Å². The molecule has 1 aliphatic rings. The van der Waals surface area contributed by atoms with Crippen molar-refractivity contribution in [3.8, 4) is 0 Å². The Kier molecular flexibility index (Phi) is 5.82. The lowest BCUT2D eigenvalue weighted by Crippen LogP contribution is -2.21. The number of anilines is 1. The first-order chi connectivity index (χ1) is 10.7. The molecule has 0 saturated carbocycles. The van der Waals surface area contributed by atoms with Crippen LogP contribution in [0.15, 0.2) is 36.3 Å². The predicted octanol–water partition coefficient (Wildman–Crippen LogP) is 2.47. The number of amides is 1. The first-order valence-corrected chi connectivity index (χ1v) is 7.24. The third-order valence-electron chi connectivity index (χ3n) is 2.98. The summed E-state index contributed by atoms with van der Waals surface area (Å²) < 4.78 is 15.3. The van der Waals surface area contributed by atoms with E-state index >= 15 is 0 Å². The molecule has 0 radical (unpaired) electrons. The van der Waals surface area contributed by atoms with Gasteiger partial charge in [-0.3, -0.25) is 4.79 Å². The maximum atomic E-state index is 11.9. The molecule has 0 unspecified atom stereocenters. The van der Waals surface area contributed by atoms with Gasteiger partial charge in [0.05, 0.1) is 12.2 Å². The highest BCUT2D eigenvalue weighted by Crippen LogP contribution is 2.13. The van der Waals surface area contributed by atoms with E-state index in [1.165, 1.54) is 6.26 Å². The van der Waals surface area contributed by atoms with Gasteiger partial charge in [-0.2, -0.15) is 0 Å². The topological polar surface area (TPSA) is 73.9 Å². The normalized spacial score (nSPS) is 13.4. The summed E-state index contributed by atoms with van der Waals surface area (Å²) in [6.45, 7) is 3.23. The van der Waals surface area contributed by atoms with Crippen LogP contribution in [0.2, 0.25) is 0 Å². The van der Waals surface area contributed by atoms with E-state index in [4.69, 9.17) is 14.2 Å². The van der Waals surface area contributed by atoms with E-state index in [1.807, 2.05) is 6.92 Å². The van der Waals surface area contributed by atoms with Crippen molar-refractivity contribution in [3.63, 3.8) is 0 Å². The minimum atomic E-state index is -0.391. The molecule has 1 N–H and O–H groups in total. The predicted molar refractivity (Wildman–Crippen MR) is 80.2 cm³/mol. The fourth-order valence-electron chi connectivity index (χ4n) is 1.76. The molecular formula is C16H19NO5. The second kappa shape index (κ2) is 8.07. The summed E-state index contributed by atoms with van der Waals surface area (Å²) in [6, 6.07) is 6.49. The lowest BCUT2D eigenvalue weighted by Gasteiger charge is -2.15. The Morgan fingerprint density at radius 1 is 1.23 bits per heavy atom. The van der Waals surface area contributed by atoms with Crippen molar-refractivity contribution in [1.29, 1.82) is 0 Å². The molecule has 2 rings (SSSR count). The van der Waals surface area contributed by atoms with E-state index in [2.05, 4.69) is 5.32 Å². The van der Waals surface area contributed by atoms with Gasteiger partial charge in [-0.25, -0.2) is 4.79 Å². The Hall–Kier alpha value is -2.50. The van der Waals surface area contributed by atoms with Crippen molar-refractivity contribution < 1.29 is 23.8 Å². The summed E-state index contributed by atoms with van der Waals surface area (Å²) in [5.41, 5.74) is 1.01. The van der Waals surface area contributed by atoms with Crippen LogP contribution in [0.5, 0.6) is 0 Å². The van der Waals surface area contributed by atoms with E-state index in [-0.39, 0.29) is 11.7 Å². The van der Waals surface area contributed by atoms with Crippen LogP contribution >= 0.6 is 0 Å². The summed E-state index contributed by atoms with van der Waals surface area (Å²) in [5, 5.41) is 2.67. The van der Waals surface area contributed by atoms with Gasteiger partial charge in [-0.15, -0.1) is 0 Å². The van der Waals surface area contributed by atoms with Crippen LogP contribution in [-0.2, 0) is 19.0 Å². The van der Waals surface area contributed by atoms with Crippen molar-refractivity contribution in [2.24, 2.45) is 0 Å². The molecule has 1 heterocycles. The van der Waals surface area contributed by atoms with Gasteiger partial charge in [-0.1, -0.05) is 13.3 Å². The zero-order valence-corrected chi connectivity index (χ0v) is 12.5. The lowest BCUT2D eigenvalue weighted by molar-refractivity contribution is -0.117. The highest BCUT2D eigenvalue weighted by Gasteiger charge is 2.15. The molecule has 6 heteroatoms. The number of hydrogen-bond acceptors (Lipinski definition) is 5. The van der Waals surface area contributed by atoms with Crippen LogP contribution in [0.4, 0.5) is 5.69 Å². The minimum Gasteiger partial charge on any atom is -0.494 e. The maximum Gasteiger partial charge on any atom is 0.338 e. The van der Waals surface area contributed by atoms with Crippen molar-refractivity contribution in [2.75, 3.05) is 25.1 Å². The Morgan fingerprint density at radius 3 is 2.64 bits per heavy atom. The summed E-state index contributed by atoms with van der Waals surface area (Å²) in [4.78, 5) is 23.6. The second-order valence-electron chi connectivity index (χ2n) is 4.72. The van der Waals surface area contributed by atoms with Crippen LogP contribution in [0, 0.1) is 0 Å². The van der Waals surface area contributed by atoms with Gasteiger partial charge < -0.3 is 19.5 Å². The Bertz CT molecular complexity index is 550. The molecule has 0 spiro atoms. The number of nitrogens with one attached hydrogen (secondary N) is 1. The Morgan fingerprint density at radius 2 is 2.00 bits per heavy atom. The van der Waals surface area contributed by atoms with Gasteiger partial charge in [0.2, 0.25) is 5.76 Å². The minimum absolute atomic E-state index is 0.134. The van der Waals surface area contributed by atoms with Crippen LogP contribution in [0.3, 0.4) is 0 Å². The number of hydrogen-bond donors (Lipinski definition) is 1. The summed E-state index contributed by atoms with van der Waals surface area (Å²) in [5.74, 6) is -0.620. The molecule has 1 aromatic carbocycles. The van der Waals surface area contributed by atoms with Gasteiger partial charge in [-0.05, 0) is 30.7 Å². The number of esters is 1. The third-order valence-corrected chi connectivity index (χ3v) is 2.98. The first kappa shape index (κ1) is 15.9. The van der Waals surface area contributed by atoms with E-state index in [9.17, 15) is 9.59 Å². The molecule has 0 fully saturated rings. The zero-order chi connectivity index (χ0) is 15.8. The van der Waals surface area contributed by atoms with E-state index in [0.29, 0.717) is 31.1 Å². The van der Waals surface area contributed by atoms with E-state index < -0.39 is 5.91 Å². The Labute approximate surface area is 129 Å². The number of carbonyl (C=O) groups excluding carboxylic acids is 2. The summed E-state index contributed by atoms with van der Waals surface area (Å²) >= 11 is 0. The number of carbonyl (C=O) groups is 2. The highest BCUT2D eigenvalue weighted by atomic mass is 16.6. The largest absolute Gasteiger partial charge is 0.494 e. The highest BCUT2D eigenvalue weighted by molar-refractivity contribution is 6.02. The summed E-state index contributed by atoms with van der Waals surface area (Å²) in [7, 11) is 0. The number of ether oxygens (including phenoxy) is 3. The van der Waals surface area contributed by atoms with Crippen molar-refractivity contribution in [1.82, 2.24) is 0 Å². The summed E-state index contributed by atoms with van der Waals surface area (Å²) in [6.07, 6.45) is 3.11. The molecule has 6 nitrogen and oxygen atoms in total. The molecule has 1 amide bonds. The average Bonchev–Trinajstić information content (AvgIpc) is 2.56. The maximum absolute atomic E-state index is 11.9. The standard InChI is InChI=1S/C16H19NO5/c1-2-3-8-22-16(19)12-4-6-13(7-5-12)17-15(18)14-11-20-9-10-21-14/h4-7,11H,2-3,8-10H2,1H3,(H,17,18). The van der Waals surface area contributed by atoms with Gasteiger partial charge in [0.1, 0.15) is 19.5 Å². The molecule has 0 aliphatic carbocycles. The van der Waals surface area contributed by atoms with Crippen molar-refractivity contribution in [3.05, 3.63) is 41.9 Å². The average molecular weight is 305 g/mol. The Balaban J connectivity index is 1.90. The quantitative estimate of drug-likeness (QED) is 0.645. The molecule has 0 atom stereocenters. The van der Waals surface area contributed by atoms with E-state index in [1.54, 1.807) is 24.3 Å². The molecule has 1 aromatic rings. The zero-order valence-electron chi connectivity index (χ0n) is 12.5. The van der Waals surface area contributed by atoms with Gasteiger partial charge >= 0.3 is 5.97 Å². The number of benzene rings is 1. The molecular weight excluding hydrogens is 286 g/mol. The van der Waals surface area contributed by atoms with Crippen molar-refractivity contribution in [2.45, 2.75) is 19.8 Å². The fourth-order valence-corrected chi connectivity index (χ4v) is 1.76. The molecule has 22 heavy (non-hydrogen) atoms. The lowest BCUT2D eigenvalue weighted by atomic mass is 10.2. The van der Waals surface area contributed by atoms with Gasteiger partial charge in [0.25, 0.3) is 5.91 Å². The van der Waals surface area contributed by atoms with Gasteiger partial charge in [0.15, 0.2) is 0 Å². The SMILES string of the molecule is CCCCOC(=O)c1ccc(NC(=O)C2=COCCO2)cc1. The smallest absolute Gasteiger partial charge is 0.338 e. The number of rotatable bonds is 6. The van der Waals surface area contributed by atoms with E-state index in [0.717, 1.165) is 12.8 Å². The van der Waals surface area contributed by atoms with Crippen molar-refractivity contribution >= 4 is 17.6 Å². The molecule has 118 valence electrons. The van der Waals surface area contributed by atoms with Crippen LogP contribution in [-0.4, -0.2) is 31.7 Å². The van der Waals surface area contributed by atoms with Crippen LogP contribution in [0.25, 0.3) is 0 Å². The molecule has 0 bridgehead atoms. The first-order valence-electron chi connectivity index (χ1n) is 7.24. The monoisotopic (exact) mass is 305 g/mol. The van der Waals surface area contributed by atoms with Crippen LogP contribution < -0.4 is 5.32 Å². The second-order valence-corrected chi connectivity index (χ2v) is 4.72. The molecule has 0 saturated heterocycles. The van der Waals surface area contributed by atoms with Crippen LogP contribution in [0.1, 0.15) is 30.1 Å². The fraction of sp³-hybridized carbons (Fsp3) is 0.375. The molecule has 0 aromatic heterocycles. The third kappa shape index (κ3) is 4.51. The number of unbranched alkanes of at least 4 members (excludes halogenated alkanes) is 1. The molecule has 1 aliphatic heterocycles.